The van der Waals surface area contributed by atoms with E-state index in [4.69, 9.17) is 0 Å². The average Bonchev–Trinajstić information content (AvgIpc) is 2.13. The maximum absolute atomic E-state index is 12.6. The molecule has 0 aliphatic carbocycles. The maximum atomic E-state index is 12.6. The molecule has 0 aliphatic heterocycles. The van der Waals surface area contributed by atoms with Crippen LogP contribution in [0.4, 0.5) is 0 Å². The zero-order valence-corrected chi connectivity index (χ0v) is 11.2. The molecule has 0 aliphatic rings. The van der Waals surface area contributed by atoms with Gasteiger partial charge in [0, 0.05) is 12.7 Å². The molecule has 0 fully saturated rings. The molecule has 14 heavy (non-hydrogen) atoms. The van der Waals surface area contributed by atoms with Gasteiger partial charge < -0.3 is 4.67 Å². The molecule has 0 spiro atoms. The molecule has 4 nitrogen and oxygen atoms in total. The van der Waals surface area contributed by atoms with E-state index in [1.165, 1.54) is 0 Å². The second-order valence-electron chi connectivity index (χ2n) is 3.66. The molecule has 0 amide bonds. The topological polar surface area (TPSA) is 26.8 Å². The van der Waals surface area contributed by atoms with Crippen molar-refractivity contribution in [3.05, 3.63) is 11.8 Å². The van der Waals surface area contributed by atoms with Crippen molar-refractivity contribution in [2.24, 2.45) is 0 Å². The maximum Gasteiger partial charge on any atom is 0.309 e. The normalized spacial score (nSPS) is 13.9. The summed E-state index contributed by atoms with van der Waals surface area (Å²) in [5.41, 5.74) is 1.01. The van der Waals surface area contributed by atoms with E-state index < -0.39 is 7.59 Å². The minimum atomic E-state index is -2.60. The van der Waals surface area contributed by atoms with Gasteiger partial charge in [-0.15, -0.1) is 0 Å². The van der Waals surface area contributed by atoms with Crippen LogP contribution < -0.4 is 0 Å². The predicted octanol–water partition coefficient (Wildman–Crippen LogP) is 2.07. The van der Waals surface area contributed by atoms with Crippen LogP contribution in [0.2, 0.25) is 0 Å². The molecule has 0 atom stereocenters. The summed E-state index contributed by atoms with van der Waals surface area (Å²) in [7, 11) is 6.60. The lowest BCUT2D eigenvalue weighted by molar-refractivity contribution is 0.386. The van der Waals surface area contributed by atoms with Crippen LogP contribution in [0.3, 0.4) is 0 Å². The third-order valence-corrected chi connectivity index (χ3v) is 5.54. The van der Waals surface area contributed by atoms with E-state index in [0.717, 1.165) is 5.70 Å². The van der Waals surface area contributed by atoms with Crippen LogP contribution in [0.15, 0.2) is 11.8 Å². The molecule has 84 valence electrons. The van der Waals surface area contributed by atoms with Gasteiger partial charge in [0.15, 0.2) is 0 Å². The highest BCUT2D eigenvalue weighted by atomic mass is 31.2. The van der Waals surface area contributed by atoms with E-state index in [-0.39, 0.29) is 0 Å². The van der Waals surface area contributed by atoms with Crippen molar-refractivity contribution in [1.82, 2.24) is 14.0 Å². The van der Waals surface area contributed by atoms with Crippen molar-refractivity contribution >= 4 is 7.59 Å². The number of allylic oxidation sites excluding steroid dienone is 2. The smallest absolute Gasteiger partial charge is 0.307 e. The Morgan fingerprint density at radius 1 is 1.07 bits per heavy atom. The molecule has 5 heteroatoms. The third-order valence-electron chi connectivity index (χ3n) is 2.36. The number of hydrogen-bond donors (Lipinski definition) is 0. The van der Waals surface area contributed by atoms with Crippen molar-refractivity contribution in [2.45, 2.75) is 13.8 Å². The molecule has 0 N–H and O–H groups in total. The summed E-state index contributed by atoms with van der Waals surface area (Å²) in [6, 6.07) is 0. The van der Waals surface area contributed by atoms with Crippen LogP contribution in [0.25, 0.3) is 0 Å². The van der Waals surface area contributed by atoms with Crippen LogP contribution in [0, 0.1) is 0 Å². The molecular weight excluding hydrogens is 197 g/mol. The number of hydrogen-bond acceptors (Lipinski definition) is 1. The molecule has 0 saturated carbocycles. The van der Waals surface area contributed by atoms with Crippen molar-refractivity contribution in [2.75, 3.05) is 35.2 Å². The zero-order chi connectivity index (χ0) is 11.5. The Morgan fingerprint density at radius 2 is 1.43 bits per heavy atom. The molecule has 0 saturated heterocycles. The summed E-state index contributed by atoms with van der Waals surface area (Å²) in [5.74, 6) is 0. The fourth-order valence-corrected chi connectivity index (χ4v) is 3.60. The van der Waals surface area contributed by atoms with Gasteiger partial charge >= 0.3 is 7.59 Å². The zero-order valence-electron chi connectivity index (χ0n) is 10.3. The summed E-state index contributed by atoms with van der Waals surface area (Å²) in [6.07, 6.45) is 1.96. The highest BCUT2D eigenvalue weighted by Crippen LogP contribution is 2.53. The van der Waals surface area contributed by atoms with Crippen LogP contribution in [0.1, 0.15) is 13.8 Å². The standard InChI is InChI=1S/C9H22N3OP/c1-8-9(2)12(7)14(13,10(3)4)11(5)6/h8H,1-7H3/b9-8+. The Morgan fingerprint density at radius 3 is 1.64 bits per heavy atom. The van der Waals surface area contributed by atoms with Crippen LogP contribution >= 0.6 is 7.59 Å². The van der Waals surface area contributed by atoms with Gasteiger partial charge in [0.2, 0.25) is 0 Å². The van der Waals surface area contributed by atoms with Crippen molar-refractivity contribution < 1.29 is 4.57 Å². The molecular formula is C9H22N3OP. The molecule has 0 heterocycles. The Balaban J connectivity index is 5.14. The first kappa shape index (κ1) is 13.7. The minimum absolute atomic E-state index is 1.01. The second kappa shape index (κ2) is 4.96. The molecule has 0 bridgehead atoms. The van der Waals surface area contributed by atoms with E-state index in [1.54, 1.807) is 9.34 Å². The highest BCUT2D eigenvalue weighted by Gasteiger charge is 2.33. The lowest BCUT2D eigenvalue weighted by atomic mass is 10.5. The lowest BCUT2D eigenvalue weighted by Gasteiger charge is -2.38. The van der Waals surface area contributed by atoms with Gasteiger partial charge in [0.1, 0.15) is 0 Å². The quantitative estimate of drug-likeness (QED) is 0.676. The summed E-state index contributed by atoms with van der Waals surface area (Å²) in [4.78, 5) is 0. The second-order valence-corrected chi connectivity index (χ2v) is 6.89. The lowest BCUT2D eigenvalue weighted by Crippen LogP contribution is -2.31. The van der Waals surface area contributed by atoms with Gasteiger partial charge in [-0.05, 0) is 42.0 Å². The fourth-order valence-electron chi connectivity index (χ4n) is 1.29. The van der Waals surface area contributed by atoms with E-state index in [2.05, 4.69) is 0 Å². The SMILES string of the molecule is C/C=C(\C)N(C)P(=O)(N(C)C)N(C)C. The van der Waals surface area contributed by atoms with Gasteiger partial charge in [-0.1, -0.05) is 6.08 Å². The van der Waals surface area contributed by atoms with Gasteiger partial charge in [-0.2, -0.15) is 0 Å². The van der Waals surface area contributed by atoms with Gasteiger partial charge in [-0.25, -0.2) is 9.34 Å². The fraction of sp³-hybridized carbons (Fsp3) is 0.778. The summed E-state index contributed by atoms with van der Waals surface area (Å²) in [5, 5.41) is 0. The first-order valence-corrected chi connectivity index (χ1v) is 6.17. The predicted molar refractivity (Wildman–Crippen MR) is 62.2 cm³/mol. The van der Waals surface area contributed by atoms with Crippen molar-refractivity contribution in [3.8, 4) is 0 Å². The van der Waals surface area contributed by atoms with E-state index in [9.17, 15) is 4.57 Å². The van der Waals surface area contributed by atoms with E-state index in [0.29, 0.717) is 0 Å². The van der Waals surface area contributed by atoms with E-state index in [1.807, 2.05) is 59.8 Å². The highest BCUT2D eigenvalue weighted by molar-refractivity contribution is 7.56. The van der Waals surface area contributed by atoms with Gasteiger partial charge in [0.25, 0.3) is 0 Å². The summed E-state index contributed by atoms with van der Waals surface area (Å²) < 4.78 is 18.0. The monoisotopic (exact) mass is 219 g/mol. The van der Waals surface area contributed by atoms with Gasteiger partial charge in [0.05, 0.1) is 0 Å². The van der Waals surface area contributed by atoms with Crippen molar-refractivity contribution in [1.29, 1.82) is 0 Å². The minimum Gasteiger partial charge on any atom is -0.307 e. The molecule has 0 radical (unpaired) electrons. The van der Waals surface area contributed by atoms with E-state index >= 15 is 0 Å². The molecule has 0 unspecified atom stereocenters. The molecule has 0 aromatic heterocycles. The number of rotatable bonds is 4. The van der Waals surface area contributed by atoms with Crippen molar-refractivity contribution in [3.63, 3.8) is 0 Å². The Hall–Kier alpha value is -0.310. The van der Waals surface area contributed by atoms with Gasteiger partial charge in [-0.3, -0.25) is 4.57 Å². The van der Waals surface area contributed by atoms with Crippen LogP contribution in [-0.4, -0.2) is 49.2 Å². The first-order valence-electron chi connectivity index (χ1n) is 4.61. The first-order chi connectivity index (χ1) is 6.28. The largest absolute Gasteiger partial charge is 0.309 e. The summed E-state index contributed by atoms with van der Waals surface area (Å²) >= 11 is 0. The third kappa shape index (κ3) is 2.38. The van der Waals surface area contributed by atoms with Crippen LogP contribution in [0.5, 0.6) is 0 Å². The Kier molecular flexibility index (Phi) is 4.85. The number of nitrogens with zero attached hydrogens (tertiary/aromatic N) is 3. The molecule has 0 aromatic rings. The Bertz CT molecular complexity index is 249. The average molecular weight is 219 g/mol. The molecule has 0 aromatic carbocycles. The van der Waals surface area contributed by atoms with Crippen LogP contribution in [-0.2, 0) is 4.57 Å². The Labute approximate surface area is 87.7 Å². The molecule has 0 rings (SSSR count). The summed E-state index contributed by atoms with van der Waals surface area (Å²) in [6.45, 7) is 3.90.